The van der Waals surface area contributed by atoms with E-state index >= 15 is 0 Å². The number of hydrogen-bond donors (Lipinski definition) is 1. The molecule has 6 heteroatoms. The van der Waals surface area contributed by atoms with Crippen molar-refractivity contribution >= 4 is 27.5 Å². The molecule has 0 aliphatic carbocycles. The van der Waals surface area contributed by atoms with E-state index in [0.29, 0.717) is 5.92 Å². The highest BCUT2D eigenvalue weighted by atomic mass is 79.9. The van der Waals surface area contributed by atoms with Crippen LogP contribution in [0.25, 0.3) is 0 Å². The van der Waals surface area contributed by atoms with Crippen LogP contribution in [0.2, 0.25) is 5.02 Å². The molecule has 0 spiro atoms. The van der Waals surface area contributed by atoms with E-state index in [-0.39, 0.29) is 6.04 Å². The van der Waals surface area contributed by atoms with E-state index in [0.717, 1.165) is 33.8 Å². The maximum atomic E-state index is 6.19. The van der Waals surface area contributed by atoms with Crippen molar-refractivity contribution in [1.82, 2.24) is 20.1 Å². The van der Waals surface area contributed by atoms with Crippen molar-refractivity contribution in [1.29, 1.82) is 0 Å². The van der Waals surface area contributed by atoms with Crippen LogP contribution in [0.5, 0.6) is 0 Å². The molecule has 114 valence electrons. The van der Waals surface area contributed by atoms with Crippen LogP contribution in [0.15, 0.2) is 29.0 Å². The van der Waals surface area contributed by atoms with Crippen molar-refractivity contribution in [3.63, 3.8) is 0 Å². The van der Waals surface area contributed by atoms with Crippen LogP contribution in [0.3, 0.4) is 0 Å². The van der Waals surface area contributed by atoms with Crippen LogP contribution in [0.4, 0.5) is 0 Å². The summed E-state index contributed by atoms with van der Waals surface area (Å²) in [5, 5.41) is 8.36. The van der Waals surface area contributed by atoms with E-state index < -0.39 is 0 Å². The summed E-state index contributed by atoms with van der Waals surface area (Å²) < 4.78 is 2.89. The molecule has 1 atom stereocenters. The molecule has 0 radical (unpaired) electrons. The Morgan fingerprint density at radius 1 is 1.38 bits per heavy atom. The lowest BCUT2D eigenvalue weighted by molar-refractivity contribution is 0.451. The molecule has 1 aromatic heterocycles. The summed E-state index contributed by atoms with van der Waals surface area (Å²) in [5.74, 6) is 1.53. The molecule has 1 unspecified atom stereocenters. The van der Waals surface area contributed by atoms with Gasteiger partial charge in [-0.1, -0.05) is 31.5 Å². The predicted octanol–water partition coefficient (Wildman–Crippen LogP) is 3.85. The molecule has 0 saturated carbocycles. The van der Waals surface area contributed by atoms with Crippen LogP contribution < -0.4 is 5.32 Å². The van der Waals surface area contributed by atoms with Gasteiger partial charge in [-0.05, 0) is 46.6 Å². The minimum atomic E-state index is 0.158. The summed E-state index contributed by atoms with van der Waals surface area (Å²) in [5.41, 5.74) is 1.14. The minimum absolute atomic E-state index is 0.158. The quantitative estimate of drug-likeness (QED) is 0.838. The number of nitrogens with zero attached hydrogens (tertiary/aromatic N) is 3. The van der Waals surface area contributed by atoms with Gasteiger partial charge in [-0.3, -0.25) is 0 Å². The molecule has 2 aromatic rings. The molecule has 0 amide bonds. The Morgan fingerprint density at radius 3 is 2.76 bits per heavy atom. The fourth-order valence-corrected chi connectivity index (χ4v) is 2.68. The number of halogens is 2. The summed E-state index contributed by atoms with van der Waals surface area (Å²) in [6, 6.07) is 6.18. The highest BCUT2D eigenvalue weighted by Gasteiger charge is 2.15. The molecule has 0 aliphatic heterocycles. The lowest BCUT2D eigenvalue weighted by Gasteiger charge is -2.18. The highest BCUT2D eigenvalue weighted by Crippen LogP contribution is 2.27. The first-order chi connectivity index (χ1) is 10.0. The van der Waals surface area contributed by atoms with Gasteiger partial charge < -0.3 is 5.32 Å². The number of benzene rings is 1. The Bertz CT molecular complexity index is 597. The van der Waals surface area contributed by atoms with Gasteiger partial charge in [0.05, 0.1) is 5.02 Å². The van der Waals surface area contributed by atoms with Gasteiger partial charge in [0.15, 0.2) is 0 Å². The summed E-state index contributed by atoms with van der Waals surface area (Å²) in [7, 11) is 1.95. The van der Waals surface area contributed by atoms with Gasteiger partial charge in [0.1, 0.15) is 12.2 Å². The Labute approximate surface area is 139 Å². The smallest absolute Gasteiger partial charge is 0.138 e. The van der Waals surface area contributed by atoms with Crippen molar-refractivity contribution in [3.05, 3.63) is 45.4 Å². The summed E-state index contributed by atoms with van der Waals surface area (Å²) in [6.45, 7) is 5.23. The van der Waals surface area contributed by atoms with Crippen LogP contribution in [-0.2, 0) is 13.0 Å². The zero-order valence-corrected chi connectivity index (χ0v) is 14.8. The minimum Gasteiger partial charge on any atom is -0.313 e. The second-order valence-electron chi connectivity index (χ2n) is 5.47. The maximum absolute atomic E-state index is 6.19. The normalized spacial score (nSPS) is 12.9. The third kappa shape index (κ3) is 4.28. The Hall–Kier alpha value is -0.910. The first-order valence-corrected chi connectivity index (χ1v) is 8.17. The van der Waals surface area contributed by atoms with Gasteiger partial charge in [0.2, 0.25) is 0 Å². The summed E-state index contributed by atoms with van der Waals surface area (Å²) in [6.07, 6.45) is 2.40. The monoisotopic (exact) mass is 370 g/mol. The van der Waals surface area contributed by atoms with Gasteiger partial charge >= 0.3 is 0 Å². The second kappa shape index (κ2) is 7.38. The van der Waals surface area contributed by atoms with Crippen molar-refractivity contribution in [2.24, 2.45) is 5.92 Å². The van der Waals surface area contributed by atoms with Crippen molar-refractivity contribution in [2.75, 3.05) is 7.05 Å². The zero-order valence-electron chi connectivity index (χ0n) is 12.5. The molecule has 0 fully saturated rings. The molecular weight excluding hydrogens is 352 g/mol. The standard InChI is InChI=1S/C15H20BrClN4/c1-10(2)8-21-15(19-9-20-21)7-14(18-3)11-4-5-12(16)13(17)6-11/h4-6,9-10,14,18H,7-8H2,1-3H3. The van der Waals surface area contributed by atoms with E-state index in [9.17, 15) is 0 Å². The third-order valence-corrected chi connectivity index (χ3v) is 4.55. The highest BCUT2D eigenvalue weighted by molar-refractivity contribution is 9.10. The number of aromatic nitrogens is 3. The van der Waals surface area contributed by atoms with Crippen LogP contribution >= 0.6 is 27.5 Å². The predicted molar refractivity (Wildman–Crippen MR) is 89.5 cm³/mol. The Balaban J connectivity index is 2.19. The fraction of sp³-hybridized carbons (Fsp3) is 0.467. The van der Waals surface area contributed by atoms with Gasteiger partial charge in [-0.25, -0.2) is 9.67 Å². The van der Waals surface area contributed by atoms with E-state index in [1.807, 2.05) is 23.9 Å². The van der Waals surface area contributed by atoms with Crippen molar-refractivity contribution in [2.45, 2.75) is 32.9 Å². The molecule has 2 rings (SSSR count). The third-order valence-electron chi connectivity index (χ3n) is 3.31. The van der Waals surface area contributed by atoms with Crippen molar-refractivity contribution < 1.29 is 0 Å². The first kappa shape index (κ1) is 16.5. The topological polar surface area (TPSA) is 42.7 Å². The molecular formula is C15H20BrClN4. The number of nitrogens with one attached hydrogen (secondary N) is 1. The molecule has 4 nitrogen and oxygen atoms in total. The molecule has 1 aromatic carbocycles. The van der Waals surface area contributed by atoms with Gasteiger partial charge in [0, 0.05) is 23.5 Å². The SMILES string of the molecule is CNC(Cc1ncnn1CC(C)C)c1ccc(Br)c(Cl)c1. The lowest BCUT2D eigenvalue weighted by Crippen LogP contribution is -2.22. The number of likely N-dealkylation sites (N-methyl/N-ethyl adjacent to an activating group) is 1. The summed E-state index contributed by atoms with van der Waals surface area (Å²) in [4.78, 5) is 4.39. The van der Waals surface area contributed by atoms with Crippen molar-refractivity contribution in [3.8, 4) is 0 Å². The average Bonchev–Trinajstić information content (AvgIpc) is 2.85. The maximum Gasteiger partial charge on any atom is 0.138 e. The molecule has 1 N–H and O–H groups in total. The van der Waals surface area contributed by atoms with Gasteiger partial charge in [-0.2, -0.15) is 5.10 Å². The Kier molecular flexibility index (Phi) is 5.79. The molecule has 0 bridgehead atoms. The average molecular weight is 372 g/mol. The number of hydrogen-bond acceptors (Lipinski definition) is 3. The largest absolute Gasteiger partial charge is 0.313 e. The van der Waals surface area contributed by atoms with Crippen LogP contribution in [0.1, 0.15) is 31.3 Å². The fourth-order valence-electron chi connectivity index (χ4n) is 2.24. The van der Waals surface area contributed by atoms with E-state index in [4.69, 9.17) is 11.6 Å². The molecule has 1 heterocycles. The zero-order chi connectivity index (χ0) is 15.4. The Morgan fingerprint density at radius 2 is 2.14 bits per heavy atom. The van der Waals surface area contributed by atoms with Crippen LogP contribution in [-0.4, -0.2) is 21.8 Å². The van der Waals surface area contributed by atoms with Gasteiger partial charge in [-0.15, -0.1) is 0 Å². The van der Waals surface area contributed by atoms with Crippen LogP contribution in [0, 0.1) is 5.92 Å². The second-order valence-corrected chi connectivity index (χ2v) is 6.73. The summed E-state index contributed by atoms with van der Waals surface area (Å²) >= 11 is 9.61. The number of rotatable bonds is 6. The molecule has 0 saturated heterocycles. The van der Waals surface area contributed by atoms with Gasteiger partial charge in [0.25, 0.3) is 0 Å². The van der Waals surface area contributed by atoms with E-state index in [1.165, 1.54) is 0 Å². The molecule has 21 heavy (non-hydrogen) atoms. The lowest BCUT2D eigenvalue weighted by atomic mass is 10.0. The van der Waals surface area contributed by atoms with E-state index in [2.05, 4.69) is 51.2 Å². The van der Waals surface area contributed by atoms with E-state index in [1.54, 1.807) is 6.33 Å². The first-order valence-electron chi connectivity index (χ1n) is 7.00. The molecule has 0 aliphatic rings.